The van der Waals surface area contributed by atoms with Crippen LogP contribution < -0.4 is 18.9 Å². The van der Waals surface area contributed by atoms with Crippen molar-refractivity contribution in [3.05, 3.63) is 59.7 Å². The van der Waals surface area contributed by atoms with Gasteiger partial charge in [0.2, 0.25) is 5.75 Å². The molecule has 0 bridgehead atoms. The minimum Gasteiger partial charge on any atom is -0.497 e. The smallest absolute Gasteiger partial charge is 0.261 e. The highest BCUT2D eigenvalue weighted by atomic mass is 16.5. The Hall–Kier alpha value is -3.74. The van der Waals surface area contributed by atoms with Gasteiger partial charge in [0.25, 0.3) is 11.8 Å². The van der Waals surface area contributed by atoms with Gasteiger partial charge >= 0.3 is 0 Å². The molecule has 3 rings (SSSR count). The molecular formula is C24H25NO6. The van der Waals surface area contributed by atoms with E-state index in [-0.39, 0.29) is 11.8 Å². The molecule has 1 aliphatic rings. The minimum absolute atomic E-state index is 0.330. The number of hydrogen-bond acceptors (Lipinski definition) is 6. The summed E-state index contributed by atoms with van der Waals surface area (Å²) in [6.45, 7) is 0.330. The molecule has 0 saturated heterocycles. The molecule has 162 valence electrons. The van der Waals surface area contributed by atoms with Crippen LogP contribution in [0, 0.1) is 0 Å². The maximum Gasteiger partial charge on any atom is 0.261 e. The van der Waals surface area contributed by atoms with Crippen molar-refractivity contribution in [2.45, 2.75) is 6.42 Å². The summed E-state index contributed by atoms with van der Waals surface area (Å²) in [5, 5.41) is 0. The Bertz CT molecular complexity index is 998. The molecule has 0 spiro atoms. The van der Waals surface area contributed by atoms with Crippen LogP contribution in [0.25, 0.3) is 11.6 Å². The molecule has 0 atom stereocenters. The van der Waals surface area contributed by atoms with Crippen LogP contribution >= 0.6 is 0 Å². The predicted octanol–water partition coefficient (Wildman–Crippen LogP) is 3.58. The van der Waals surface area contributed by atoms with Gasteiger partial charge in [-0.1, -0.05) is 18.2 Å². The third kappa shape index (κ3) is 4.71. The van der Waals surface area contributed by atoms with E-state index in [2.05, 4.69) is 0 Å². The highest BCUT2D eigenvalue weighted by Gasteiger charge is 2.26. The molecule has 2 aromatic carbocycles. The Morgan fingerprint density at radius 3 is 2.10 bits per heavy atom. The molecule has 0 radical (unpaired) electrons. The van der Waals surface area contributed by atoms with E-state index in [9.17, 15) is 9.59 Å². The lowest BCUT2D eigenvalue weighted by molar-refractivity contribution is -0.138. The standard InChI is InChI=1S/C24H25NO6/c1-28-18-10-8-17(9-11-18)19(24(27)25-12-6-5-7-22(25)26)13-16-14-20(29-2)23(31-4)21(15-16)30-3/h5,7-11,13-15H,6,12H2,1-4H3/b19-13+. The number of carbonyl (C=O) groups is 2. The third-order valence-corrected chi connectivity index (χ3v) is 4.92. The normalized spacial score (nSPS) is 13.7. The fraction of sp³-hybridized carbons (Fsp3) is 0.250. The Kier molecular flexibility index (Phi) is 6.97. The molecule has 2 aromatic rings. The average Bonchev–Trinajstić information content (AvgIpc) is 2.81. The van der Waals surface area contributed by atoms with Crippen molar-refractivity contribution in [1.29, 1.82) is 0 Å². The van der Waals surface area contributed by atoms with Crippen molar-refractivity contribution >= 4 is 23.5 Å². The lowest BCUT2D eigenvalue weighted by atomic mass is 10.00. The zero-order valence-electron chi connectivity index (χ0n) is 18.0. The first-order chi connectivity index (χ1) is 15.0. The molecule has 7 heteroatoms. The van der Waals surface area contributed by atoms with Gasteiger partial charge in [-0.2, -0.15) is 0 Å². The number of carbonyl (C=O) groups excluding carboxylic acids is 2. The molecule has 31 heavy (non-hydrogen) atoms. The van der Waals surface area contributed by atoms with Crippen molar-refractivity contribution in [2.24, 2.45) is 0 Å². The van der Waals surface area contributed by atoms with Crippen molar-refractivity contribution in [2.75, 3.05) is 35.0 Å². The Morgan fingerprint density at radius 1 is 0.935 bits per heavy atom. The predicted molar refractivity (Wildman–Crippen MR) is 117 cm³/mol. The van der Waals surface area contributed by atoms with Gasteiger partial charge in [0.1, 0.15) is 5.75 Å². The Balaban J connectivity index is 2.13. The first kappa shape index (κ1) is 22.0. The van der Waals surface area contributed by atoms with Crippen LogP contribution in [0.15, 0.2) is 48.6 Å². The van der Waals surface area contributed by atoms with Crippen LogP contribution in [-0.4, -0.2) is 51.7 Å². The number of benzene rings is 2. The van der Waals surface area contributed by atoms with Crippen LogP contribution in [0.2, 0.25) is 0 Å². The topological polar surface area (TPSA) is 74.3 Å². The van der Waals surface area contributed by atoms with Crippen molar-refractivity contribution in [3.63, 3.8) is 0 Å². The summed E-state index contributed by atoms with van der Waals surface area (Å²) in [7, 11) is 6.15. The molecule has 1 aliphatic heterocycles. The molecular weight excluding hydrogens is 398 g/mol. The van der Waals surface area contributed by atoms with Crippen molar-refractivity contribution in [1.82, 2.24) is 4.90 Å². The van der Waals surface area contributed by atoms with Gasteiger partial charge in [0.15, 0.2) is 11.5 Å². The maximum absolute atomic E-state index is 13.4. The lowest BCUT2D eigenvalue weighted by Crippen LogP contribution is -2.38. The van der Waals surface area contributed by atoms with Crippen LogP contribution in [0.1, 0.15) is 17.5 Å². The molecule has 1 heterocycles. The van der Waals surface area contributed by atoms with E-state index < -0.39 is 0 Å². The summed E-state index contributed by atoms with van der Waals surface area (Å²) < 4.78 is 21.4. The number of hydrogen-bond donors (Lipinski definition) is 0. The van der Waals surface area contributed by atoms with Gasteiger partial charge in [-0.25, -0.2) is 0 Å². The van der Waals surface area contributed by atoms with E-state index in [1.54, 1.807) is 55.7 Å². The summed E-state index contributed by atoms with van der Waals surface area (Å²) in [6.07, 6.45) is 5.52. The number of rotatable bonds is 7. The SMILES string of the molecule is COc1ccc(/C(=C\c2cc(OC)c(OC)c(OC)c2)C(=O)N2CCC=CC2=O)cc1. The second-order valence-electron chi connectivity index (χ2n) is 6.73. The monoisotopic (exact) mass is 423 g/mol. The highest BCUT2D eigenvalue weighted by Crippen LogP contribution is 2.39. The Morgan fingerprint density at radius 2 is 1.58 bits per heavy atom. The van der Waals surface area contributed by atoms with Gasteiger partial charge in [0, 0.05) is 12.1 Å². The number of amides is 2. The van der Waals surface area contributed by atoms with Gasteiger partial charge in [0.05, 0.1) is 28.4 Å². The first-order valence-corrected chi connectivity index (χ1v) is 9.70. The third-order valence-electron chi connectivity index (χ3n) is 4.92. The summed E-state index contributed by atoms with van der Waals surface area (Å²) in [4.78, 5) is 27.0. The molecule has 7 nitrogen and oxygen atoms in total. The van der Waals surface area contributed by atoms with Crippen LogP contribution in [0.4, 0.5) is 0 Å². The van der Waals surface area contributed by atoms with Crippen LogP contribution in [0.3, 0.4) is 0 Å². The van der Waals surface area contributed by atoms with Crippen molar-refractivity contribution < 1.29 is 28.5 Å². The fourth-order valence-corrected chi connectivity index (χ4v) is 3.33. The molecule has 2 amide bonds. The molecule has 0 unspecified atom stereocenters. The van der Waals surface area contributed by atoms with Crippen LogP contribution in [0.5, 0.6) is 23.0 Å². The molecule has 0 N–H and O–H groups in total. The van der Waals surface area contributed by atoms with Crippen molar-refractivity contribution in [3.8, 4) is 23.0 Å². The largest absolute Gasteiger partial charge is 0.497 e. The second kappa shape index (κ2) is 9.84. The number of methoxy groups -OCH3 is 4. The summed E-state index contributed by atoms with van der Waals surface area (Å²) >= 11 is 0. The number of nitrogens with zero attached hydrogens (tertiary/aromatic N) is 1. The summed E-state index contributed by atoms with van der Waals surface area (Å²) in [5.41, 5.74) is 1.68. The van der Waals surface area contributed by atoms with Gasteiger partial charge in [-0.3, -0.25) is 14.5 Å². The minimum atomic E-state index is -0.381. The van der Waals surface area contributed by atoms with Crippen LogP contribution in [-0.2, 0) is 9.59 Å². The first-order valence-electron chi connectivity index (χ1n) is 9.70. The van der Waals surface area contributed by atoms with E-state index in [0.717, 1.165) is 0 Å². The quantitative estimate of drug-likeness (QED) is 0.501. The highest BCUT2D eigenvalue weighted by molar-refractivity contribution is 6.28. The number of imide groups is 1. The van der Waals surface area contributed by atoms with E-state index in [4.69, 9.17) is 18.9 Å². The second-order valence-corrected chi connectivity index (χ2v) is 6.73. The van der Waals surface area contributed by atoms with Gasteiger partial charge in [-0.15, -0.1) is 0 Å². The van der Waals surface area contributed by atoms with Gasteiger partial charge in [-0.05, 0) is 54.0 Å². The summed E-state index contributed by atoms with van der Waals surface area (Å²) in [6, 6.07) is 10.6. The molecule has 0 aromatic heterocycles. The fourth-order valence-electron chi connectivity index (χ4n) is 3.33. The van der Waals surface area contributed by atoms with E-state index >= 15 is 0 Å². The number of ether oxygens (including phenoxy) is 4. The van der Waals surface area contributed by atoms with E-state index in [1.165, 1.54) is 32.3 Å². The lowest BCUT2D eigenvalue weighted by Gasteiger charge is -2.23. The van der Waals surface area contributed by atoms with Gasteiger partial charge < -0.3 is 18.9 Å². The summed E-state index contributed by atoms with van der Waals surface area (Å²) in [5.74, 6) is 1.34. The van der Waals surface area contributed by atoms with E-state index in [0.29, 0.717) is 52.7 Å². The average molecular weight is 423 g/mol. The molecule has 0 aliphatic carbocycles. The van der Waals surface area contributed by atoms with E-state index in [1.807, 2.05) is 0 Å². The molecule has 0 saturated carbocycles. The maximum atomic E-state index is 13.4. The zero-order valence-corrected chi connectivity index (χ0v) is 18.0. The molecule has 0 fully saturated rings. The Labute approximate surface area is 181 Å². The zero-order chi connectivity index (χ0) is 22.4.